The maximum atomic E-state index is 13.0. The summed E-state index contributed by atoms with van der Waals surface area (Å²) >= 11 is 0. The first kappa shape index (κ1) is 23.2. The number of ether oxygens (including phenoxy) is 2. The molecule has 2 fully saturated rings. The number of hydrogen-bond donors (Lipinski definition) is 2. The van der Waals surface area contributed by atoms with Crippen molar-refractivity contribution in [1.82, 2.24) is 14.9 Å². The van der Waals surface area contributed by atoms with E-state index in [4.69, 9.17) is 15.2 Å². The van der Waals surface area contributed by atoms with Gasteiger partial charge in [0.25, 0.3) is 0 Å². The van der Waals surface area contributed by atoms with E-state index in [1.54, 1.807) is 19.2 Å². The van der Waals surface area contributed by atoms with Crippen molar-refractivity contribution in [2.75, 3.05) is 31.2 Å². The van der Waals surface area contributed by atoms with Crippen LogP contribution in [0.4, 0.5) is 16.3 Å². The number of nitrogen functional groups attached to an aromatic ring is 1. The Balaban J connectivity index is 1.45. The van der Waals surface area contributed by atoms with E-state index in [0.29, 0.717) is 40.5 Å². The second kappa shape index (κ2) is 9.24. The normalized spacial score (nSPS) is 20.1. The van der Waals surface area contributed by atoms with E-state index in [2.05, 4.69) is 28.3 Å². The Bertz CT molecular complexity index is 1250. The fourth-order valence-corrected chi connectivity index (χ4v) is 5.53. The minimum Gasteiger partial charge on any atom is -0.493 e. The van der Waals surface area contributed by atoms with E-state index in [9.17, 15) is 4.79 Å². The molecule has 184 valence electrons. The highest BCUT2D eigenvalue weighted by molar-refractivity contribution is 5.92. The van der Waals surface area contributed by atoms with Crippen LogP contribution in [0.5, 0.6) is 11.5 Å². The van der Waals surface area contributed by atoms with Gasteiger partial charge in [-0.3, -0.25) is 0 Å². The lowest BCUT2D eigenvalue weighted by Gasteiger charge is -2.20. The summed E-state index contributed by atoms with van der Waals surface area (Å²) in [7, 11) is 1.57. The zero-order valence-corrected chi connectivity index (χ0v) is 20.8. The molecule has 3 atom stereocenters. The quantitative estimate of drug-likeness (QED) is 0.486. The second-order valence-electron chi connectivity index (χ2n) is 9.91. The summed E-state index contributed by atoms with van der Waals surface area (Å²) in [6.45, 7) is 7.48. The third kappa shape index (κ3) is 4.70. The highest BCUT2D eigenvalue weighted by Gasteiger charge is 2.39. The number of likely N-dealkylation sites (tertiary alicyclic amines) is 1. The zero-order valence-electron chi connectivity index (χ0n) is 20.8. The molecule has 1 aliphatic carbocycles. The fraction of sp³-hybridized carbons (Fsp3) is 0.444. The smallest absolute Gasteiger partial charge is 0.415 e. The lowest BCUT2D eigenvalue weighted by molar-refractivity contribution is 0.157. The molecule has 1 aromatic heterocycles. The predicted octanol–water partition coefficient (Wildman–Crippen LogP) is 5.24. The van der Waals surface area contributed by atoms with Gasteiger partial charge in [-0.25, -0.2) is 14.8 Å². The van der Waals surface area contributed by atoms with Crippen LogP contribution in [0.3, 0.4) is 0 Å². The van der Waals surface area contributed by atoms with Crippen LogP contribution in [0.25, 0.3) is 10.9 Å². The van der Waals surface area contributed by atoms with Crippen molar-refractivity contribution < 1.29 is 14.3 Å². The van der Waals surface area contributed by atoms with E-state index in [1.807, 2.05) is 30.9 Å². The molecule has 8 heteroatoms. The number of nitrogens with zero attached hydrogens (tertiary/aromatic N) is 3. The fourth-order valence-electron chi connectivity index (χ4n) is 5.53. The lowest BCUT2D eigenvalue weighted by atomic mass is 10.0. The van der Waals surface area contributed by atoms with Gasteiger partial charge in [-0.15, -0.1) is 0 Å². The molecule has 3 aromatic rings. The van der Waals surface area contributed by atoms with Crippen molar-refractivity contribution in [1.29, 1.82) is 0 Å². The van der Waals surface area contributed by atoms with Gasteiger partial charge in [0, 0.05) is 30.2 Å². The molecular formula is C27H33N5O3. The van der Waals surface area contributed by atoms with E-state index >= 15 is 0 Å². The summed E-state index contributed by atoms with van der Waals surface area (Å²) in [5.74, 6) is 3.33. The number of aromatic nitrogens is 2. The molecule has 2 aromatic carbocycles. The molecule has 3 N–H and O–H groups in total. The van der Waals surface area contributed by atoms with Crippen LogP contribution in [-0.4, -0.2) is 41.2 Å². The molecule has 8 nitrogen and oxygen atoms in total. The number of anilines is 2. The Morgan fingerprint density at radius 2 is 1.83 bits per heavy atom. The summed E-state index contributed by atoms with van der Waals surface area (Å²) < 4.78 is 11.4. The van der Waals surface area contributed by atoms with Crippen molar-refractivity contribution in [3.8, 4) is 11.5 Å². The largest absolute Gasteiger partial charge is 0.493 e. The Morgan fingerprint density at radius 1 is 1.09 bits per heavy atom. The molecule has 35 heavy (non-hydrogen) atoms. The molecule has 1 aliphatic heterocycles. The minimum absolute atomic E-state index is 0.0492. The van der Waals surface area contributed by atoms with E-state index < -0.39 is 0 Å². The third-order valence-corrected chi connectivity index (χ3v) is 7.25. The van der Waals surface area contributed by atoms with Crippen LogP contribution in [-0.2, 0) is 0 Å². The van der Waals surface area contributed by atoms with Gasteiger partial charge in [-0.1, -0.05) is 12.5 Å². The predicted molar refractivity (Wildman–Crippen MR) is 137 cm³/mol. The van der Waals surface area contributed by atoms with Gasteiger partial charge in [0.05, 0.1) is 18.7 Å². The van der Waals surface area contributed by atoms with Gasteiger partial charge in [0.2, 0.25) is 0 Å². The number of methoxy groups -OCH3 is 1. The number of carbonyl (C=O) groups excluding carboxylic acids is 1. The molecule has 0 radical (unpaired) electrons. The van der Waals surface area contributed by atoms with Crippen LogP contribution >= 0.6 is 0 Å². The average Bonchev–Trinajstić information content (AvgIpc) is 3.41. The van der Waals surface area contributed by atoms with Gasteiger partial charge in [-0.05, 0) is 74.8 Å². The molecule has 2 unspecified atom stereocenters. The van der Waals surface area contributed by atoms with Crippen LogP contribution in [0.2, 0.25) is 0 Å². The third-order valence-electron chi connectivity index (χ3n) is 7.25. The van der Waals surface area contributed by atoms with Crippen molar-refractivity contribution in [3.63, 3.8) is 0 Å². The maximum Gasteiger partial charge on any atom is 0.415 e. The number of nitrogens with two attached hydrogens (primary N) is 1. The zero-order chi connectivity index (χ0) is 24.7. The minimum atomic E-state index is -0.330. The molecule has 1 saturated heterocycles. The Kier molecular flexibility index (Phi) is 6.13. The first-order valence-corrected chi connectivity index (χ1v) is 12.3. The molecular weight excluding hydrogens is 442 g/mol. The van der Waals surface area contributed by atoms with Gasteiger partial charge in [0.1, 0.15) is 11.6 Å². The van der Waals surface area contributed by atoms with E-state index in [1.165, 1.54) is 19.3 Å². The summed E-state index contributed by atoms with van der Waals surface area (Å²) in [6, 6.07) is 9.55. The van der Waals surface area contributed by atoms with E-state index in [-0.39, 0.29) is 12.1 Å². The van der Waals surface area contributed by atoms with Crippen LogP contribution in [0.1, 0.15) is 49.2 Å². The first-order chi connectivity index (χ1) is 16.8. The number of hydrogen-bond acceptors (Lipinski definition) is 7. The molecule has 2 aliphatic rings. The van der Waals surface area contributed by atoms with E-state index in [0.717, 1.165) is 35.3 Å². The monoisotopic (exact) mass is 475 g/mol. The number of amides is 1. The molecule has 5 rings (SSSR count). The van der Waals surface area contributed by atoms with Gasteiger partial charge in [-0.2, -0.15) is 0 Å². The Hall–Kier alpha value is -3.55. The molecule has 2 heterocycles. The first-order valence-electron chi connectivity index (χ1n) is 12.3. The highest BCUT2D eigenvalue weighted by atomic mass is 16.6. The number of nitrogens with one attached hydrogen (secondary N) is 1. The molecule has 0 spiro atoms. The van der Waals surface area contributed by atoms with Gasteiger partial charge in [0.15, 0.2) is 11.5 Å². The summed E-state index contributed by atoms with van der Waals surface area (Å²) in [5.41, 5.74) is 9.66. The number of aryl methyl sites for hydroxylation is 2. The number of benzene rings is 2. The maximum absolute atomic E-state index is 13.0. The second-order valence-corrected chi connectivity index (χ2v) is 9.91. The number of rotatable bonds is 5. The Morgan fingerprint density at radius 3 is 2.51 bits per heavy atom. The van der Waals surface area contributed by atoms with Gasteiger partial charge < -0.3 is 25.4 Å². The van der Waals surface area contributed by atoms with Crippen molar-refractivity contribution in [2.45, 2.75) is 46.1 Å². The van der Waals surface area contributed by atoms with Crippen molar-refractivity contribution >= 4 is 28.5 Å². The van der Waals surface area contributed by atoms with Crippen LogP contribution < -0.4 is 20.5 Å². The van der Waals surface area contributed by atoms with Gasteiger partial charge >= 0.3 is 6.09 Å². The van der Waals surface area contributed by atoms with Crippen LogP contribution in [0.15, 0.2) is 30.3 Å². The number of fused-ring (bicyclic) bond motifs is 2. The summed E-state index contributed by atoms with van der Waals surface area (Å²) in [6.07, 6.45) is 3.33. The van der Waals surface area contributed by atoms with Crippen molar-refractivity contribution in [2.24, 2.45) is 11.8 Å². The Labute approximate surface area is 205 Å². The topological polar surface area (TPSA) is 103 Å². The summed E-state index contributed by atoms with van der Waals surface area (Å²) in [4.78, 5) is 24.1. The lowest BCUT2D eigenvalue weighted by Crippen LogP contribution is -2.32. The molecule has 0 bridgehead atoms. The molecule has 1 saturated carbocycles. The van der Waals surface area contributed by atoms with Crippen molar-refractivity contribution in [3.05, 3.63) is 47.3 Å². The number of carbonyl (C=O) groups is 1. The standard InChI is InChI=1S/C27H33N5O3/c1-15-8-20(10-21(28)9-15)16(2)29-26-22-11-25(24(34-4)12-23(22)30-17(3)31-26)35-27(33)32-13-18-6-5-7-19(18)14-32/h8-12,16,18-19H,5-7,13-14,28H2,1-4H3,(H,29,30,31)/t16-,18?,19?/m1/s1. The highest BCUT2D eigenvalue weighted by Crippen LogP contribution is 2.39. The average molecular weight is 476 g/mol. The molecule has 1 amide bonds. The summed E-state index contributed by atoms with van der Waals surface area (Å²) in [5, 5.41) is 4.25. The van der Waals surface area contributed by atoms with Crippen LogP contribution in [0, 0.1) is 25.7 Å². The SMILES string of the molecule is COc1cc2nc(C)nc(N[C@H](C)c3cc(C)cc(N)c3)c2cc1OC(=O)N1CC2CCCC2C1.